The Morgan fingerprint density at radius 2 is 2.04 bits per heavy atom. The average molecular weight is 361 g/mol. The quantitative estimate of drug-likeness (QED) is 0.749. The van der Waals surface area contributed by atoms with Gasteiger partial charge in [-0.2, -0.15) is 5.10 Å². The molecule has 2 aliphatic heterocycles. The van der Waals surface area contributed by atoms with Crippen LogP contribution in [-0.2, 0) is 4.79 Å². The molecule has 0 saturated heterocycles. The highest BCUT2D eigenvalue weighted by Crippen LogP contribution is 2.45. The highest BCUT2D eigenvalue weighted by Gasteiger charge is 2.43. The highest BCUT2D eigenvalue weighted by molar-refractivity contribution is 7.99. The minimum Gasteiger partial charge on any atom is -0.273 e. The third-order valence-corrected chi connectivity index (χ3v) is 5.83. The van der Waals surface area contributed by atoms with Gasteiger partial charge < -0.3 is 0 Å². The number of hydrazone groups is 1. The summed E-state index contributed by atoms with van der Waals surface area (Å²) in [5, 5.41) is 6.73. The molecule has 0 aromatic heterocycles. The standard InChI is InChI=1S/C18H14ClFN2OS/c1-10(23)22-18(11-2-4-12(19)5-3-11)15-9-24-16-7-6-13(20)8-14(16)17(15)21-22/h2-8,15,18H,9H2,1H3/t15-,18-/m0/s1. The number of amides is 1. The summed E-state index contributed by atoms with van der Waals surface area (Å²) >= 11 is 7.66. The van der Waals surface area contributed by atoms with Crippen LogP contribution in [-0.4, -0.2) is 22.4 Å². The second kappa shape index (κ2) is 5.90. The van der Waals surface area contributed by atoms with Crippen LogP contribution < -0.4 is 0 Å². The van der Waals surface area contributed by atoms with Crippen molar-refractivity contribution in [3.8, 4) is 0 Å². The first-order chi connectivity index (χ1) is 11.5. The lowest BCUT2D eigenvalue weighted by molar-refractivity contribution is -0.131. The van der Waals surface area contributed by atoms with Gasteiger partial charge in [-0.25, -0.2) is 9.40 Å². The van der Waals surface area contributed by atoms with Crippen molar-refractivity contribution in [1.82, 2.24) is 5.01 Å². The SMILES string of the molecule is CC(=O)N1N=C2c3cc(F)ccc3SC[C@@H]2[C@@H]1c1ccc(Cl)cc1. The molecular formula is C18H14ClFN2OS. The van der Waals surface area contributed by atoms with Gasteiger partial charge in [0.15, 0.2) is 0 Å². The van der Waals surface area contributed by atoms with Crippen molar-refractivity contribution in [2.75, 3.05) is 5.75 Å². The van der Waals surface area contributed by atoms with Crippen LogP contribution in [0.3, 0.4) is 0 Å². The summed E-state index contributed by atoms with van der Waals surface area (Å²) in [5.74, 6) is 0.422. The van der Waals surface area contributed by atoms with E-state index in [2.05, 4.69) is 5.10 Å². The van der Waals surface area contributed by atoms with Crippen LogP contribution in [0.4, 0.5) is 4.39 Å². The van der Waals surface area contributed by atoms with E-state index in [9.17, 15) is 9.18 Å². The van der Waals surface area contributed by atoms with Gasteiger partial charge in [0.1, 0.15) is 5.82 Å². The number of nitrogens with zero attached hydrogens (tertiary/aromatic N) is 2. The maximum absolute atomic E-state index is 13.7. The summed E-state index contributed by atoms with van der Waals surface area (Å²) in [6.07, 6.45) is 0. The first-order valence-corrected chi connectivity index (χ1v) is 8.97. The van der Waals surface area contributed by atoms with Gasteiger partial charge in [0.25, 0.3) is 0 Å². The molecule has 0 spiro atoms. The van der Waals surface area contributed by atoms with Crippen molar-refractivity contribution < 1.29 is 9.18 Å². The third-order valence-electron chi connectivity index (χ3n) is 4.38. The number of carbonyl (C=O) groups is 1. The third kappa shape index (κ3) is 2.52. The lowest BCUT2D eigenvalue weighted by Crippen LogP contribution is -2.31. The molecule has 3 nitrogen and oxygen atoms in total. The molecule has 2 aromatic rings. The van der Waals surface area contributed by atoms with E-state index in [4.69, 9.17) is 11.6 Å². The minimum absolute atomic E-state index is 0.0365. The van der Waals surface area contributed by atoms with Gasteiger partial charge in [-0.1, -0.05) is 23.7 Å². The van der Waals surface area contributed by atoms with Crippen LogP contribution in [0.15, 0.2) is 52.5 Å². The van der Waals surface area contributed by atoms with Crippen molar-refractivity contribution in [3.05, 3.63) is 64.4 Å². The van der Waals surface area contributed by atoms with Crippen LogP contribution in [0.2, 0.25) is 5.02 Å². The summed E-state index contributed by atoms with van der Waals surface area (Å²) in [7, 11) is 0. The molecule has 0 unspecified atom stereocenters. The predicted octanol–water partition coefficient (Wildman–Crippen LogP) is 4.51. The molecule has 0 aliphatic carbocycles. The fraction of sp³-hybridized carbons (Fsp3) is 0.222. The second-order valence-electron chi connectivity index (χ2n) is 5.90. The van der Waals surface area contributed by atoms with E-state index in [1.54, 1.807) is 17.8 Å². The zero-order valence-corrected chi connectivity index (χ0v) is 14.4. The fourth-order valence-electron chi connectivity index (χ4n) is 3.30. The lowest BCUT2D eigenvalue weighted by atomic mass is 9.88. The molecule has 24 heavy (non-hydrogen) atoms. The minimum atomic E-state index is -0.290. The van der Waals surface area contributed by atoms with Crippen molar-refractivity contribution in [2.45, 2.75) is 17.9 Å². The molecule has 4 rings (SSSR count). The van der Waals surface area contributed by atoms with E-state index < -0.39 is 0 Å². The second-order valence-corrected chi connectivity index (χ2v) is 7.40. The van der Waals surface area contributed by atoms with E-state index in [1.165, 1.54) is 24.1 Å². The zero-order chi connectivity index (χ0) is 16.8. The lowest BCUT2D eigenvalue weighted by Gasteiger charge is -2.28. The Labute approximate surface area is 148 Å². The molecule has 2 heterocycles. The summed E-state index contributed by atoms with van der Waals surface area (Å²) < 4.78 is 13.7. The van der Waals surface area contributed by atoms with Gasteiger partial charge in [0.2, 0.25) is 5.91 Å². The number of carbonyl (C=O) groups excluding carboxylic acids is 1. The van der Waals surface area contributed by atoms with E-state index in [0.29, 0.717) is 5.02 Å². The van der Waals surface area contributed by atoms with Crippen LogP contribution in [0, 0.1) is 11.7 Å². The summed E-state index contributed by atoms with van der Waals surface area (Å²) in [6, 6.07) is 12.0. The summed E-state index contributed by atoms with van der Waals surface area (Å²) in [4.78, 5) is 13.1. The van der Waals surface area contributed by atoms with Gasteiger partial charge in [0, 0.05) is 34.1 Å². The first kappa shape index (κ1) is 15.7. The van der Waals surface area contributed by atoms with Crippen molar-refractivity contribution in [2.24, 2.45) is 11.0 Å². The average Bonchev–Trinajstić information content (AvgIpc) is 2.96. The van der Waals surface area contributed by atoms with Crippen LogP contribution in [0.1, 0.15) is 24.1 Å². The smallest absolute Gasteiger partial charge is 0.240 e. The van der Waals surface area contributed by atoms with Crippen LogP contribution in [0.5, 0.6) is 0 Å². The number of rotatable bonds is 1. The van der Waals surface area contributed by atoms with E-state index >= 15 is 0 Å². The molecular weight excluding hydrogens is 347 g/mol. The number of hydrogen-bond donors (Lipinski definition) is 0. The van der Waals surface area contributed by atoms with Crippen molar-refractivity contribution in [1.29, 1.82) is 0 Å². The number of thioether (sulfide) groups is 1. The van der Waals surface area contributed by atoms with Gasteiger partial charge in [-0.05, 0) is 35.9 Å². The van der Waals surface area contributed by atoms with E-state index in [-0.39, 0.29) is 23.7 Å². The number of fused-ring (bicyclic) bond motifs is 3. The first-order valence-electron chi connectivity index (χ1n) is 7.61. The Kier molecular flexibility index (Phi) is 3.85. The fourth-order valence-corrected chi connectivity index (χ4v) is 4.61. The summed E-state index contributed by atoms with van der Waals surface area (Å²) in [6.45, 7) is 1.50. The Morgan fingerprint density at radius 1 is 1.29 bits per heavy atom. The number of halogens is 2. The molecule has 0 saturated carbocycles. The molecule has 2 aliphatic rings. The Hall–Kier alpha value is -1.85. The van der Waals surface area contributed by atoms with Crippen molar-refractivity contribution >= 4 is 35.0 Å². The molecule has 2 atom stereocenters. The molecule has 0 radical (unpaired) electrons. The van der Waals surface area contributed by atoms with Crippen LogP contribution in [0.25, 0.3) is 0 Å². The highest BCUT2D eigenvalue weighted by atomic mass is 35.5. The number of hydrogen-bond acceptors (Lipinski definition) is 3. The normalized spacial score (nSPS) is 22.0. The predicted molar refractivity (Wildman–Crippen MR) is 93.9 cm³/mol. The molecule has 2 aromatic carbocycles. The molecule has 1 amide bonds. The maximum atomic E-state index is 13.7. The number of benzene rings is 2. The van der Waals surface area contributed by atoms with Gasteiger partial charge in [-0.3, -0.25) is 4.79 Å². The Balaban J connectivity index is 1.81. The van der Waals surface area contributed by atoms with Crippen LogP contribution >= 0.6 is 23.4 Å². The van der Waals surface area contributed by atoms with Gasteiger partial charge in [-0.15, -0.1) is 11.8 Å². The molecule has 122 valence electrons. The van der Waals surface area contributed by atoms with Gasteiger partial charge in [0.05, 0.1) is 11.8 Å². The zero-order valence-electron chi connectivity index (χ0n) is 12.9. The summed E-state index contributed by atoms with van der Waals surface area (Å²) in [5.41, 5.74) is 2.57. The molecule has 0 bridgehead atoms. The largest absolute Gasteiger partial charge is 0.273 e. The topological polar surface area (TPSA) is 32.7 Å². The van der Waals surface area contributed by atoms with Gasteiger partial charge >= 0.3 is 0 Å². The monoisotopic (exact) mass is 360 g/mol. The Bertz CT molecular complexity index is 853. The molecule has 0 N–H and O–H groups in total. The van der Waals surface area contributed by atoms with E-state index in [1.807, 2.05) is 24.3 Å². The van der Waals surface area contributed by atoms with E-state index in [0.717, 1.165) is 27.5 Å². The van der Waals surface area contributed by atoms with Crippen molar-refractivity contribution in [3.63, 3.8) is 0 Å². The molecule has 6 heteroatoms. The Morgan fingerprint density at radius 3 is 2.75 bits per heavy atom. The molecule has 0 fully saturated rings. The maximum Gasteiger partial charge on any atom is 0.240 e.